The molecule has 25 heavy (non-hydrogen) atoms. The Bertz CT molecular complexity index is 860. The molecule has 0 spiro atoms. The van der Waals surface area contributed by atoms with Gasteiger partial charge < -0.3 is 14.8 Å². The predicted octanol–water partition coefficient (Wildman–Crippen LogP) is 4.23. The number of nitrogens with zero attached hydrogens (tertiary/aromatic N) is 1. The van der Waals surface area contributed by atoms with E-state index in [-0.39, 0.29) is 0 Å². The van der Waals surface area contributed by atoms with Crippen molar-refractivity contribution in [3.8, 4) is 0 Å². The second-order valence-corrected chi connectivity index (χ2v) is 6.82. The smallest absolute Gasteiger partial charge is 0.413 e. The van der Waals surface area contributed by atoms with Crippen LogP contribution in [0.1, 0.15) is 36.6 Å². The highest BCUT2D eigenvalue weighted by atomic mass is 32.1. The summed E-state index contributed by atoms with van der Waals surface area (Å²) in [6, 6.07) is 9.53. The van der Waals surface area contributed by atoms with Gasteiger partial charge in [0, 0.05) is 4.88 Å². The van der Waals surface area contributed by atoms with Crippen LogP contribution in [0.25, 0.3) is 11.0 Å². The van der Waals surface area contributed by atoms with Gasteiger partial charge >= 0.3 is 6.09 Å². The van der Waals surface area contributed by atoms with Gasteiger partial charge in [0.2, 0.25) is 5.95 Å². The van der Waals surface area contributed by atoms with Crippen LogP contribution in [-0.2, 0) is 10.3 Å². The van der Waals surface area contributed by atoms with Crippen molar-refractivity contribution < 1.29 is 14.6 Å². The van der Waals surface area contributed by atoms with E-state index in [1.165, 1.54) is 7.11 Å². The molecule has 132 valence electrons. The molecular formula is C18H21N3O3S. The zero-order valence-electron chi connectivity index (χ0n) is 14.2. The van der Waals surface area contributed by atoms with Crippen LogP contribution in [-0.4, -0.2) is 28.3 Å². The maximum atomic E-state index is 11.4. The molecular weight excluding hydrogens is 338 g/mol. The normalized spacial score (nSPS) is 13.6. The van der Waals surface area contributed by atoms with E-state index in [0.717, 1.165) is 28.8 Å². The number of thiophene rings is 1. The Morgan fingerprint density at radius 1 is 1.44 bits per heavy atom. The molecule has 2 aromatic heterocycles. The van der Waals surface area contributed by atoms with E-state index in [1.807, 2.05) is 35.7 Å². The third-order valence-electron chi connectivity index (χ3n) is 4.19. The molecule has 2 heterocycles. The summed E-state index contributed by atoms with van der Waals surface area (Å²) in [5.41, 5.74) is 1.23. The van der Waals surface area contributed by atoms with Gasteiger partial charge in [-0.05, 0) is 35.6 Å². The van der Waals surface area contributed by atoms with Crippen LogP contribution in [0.4, 0.5) is 10.7 Å². The zero-order valence-corrected chi connectivity index (χ0v) is 15.0. The summed E-state index contributed by atoms with van der Waals surface area (Å²) in [4.78, 5) is 19.6. The number of hydrogen-bond donors (Lipinski definition) is 3. The van der Waals surface area contributed by atoms with Crippen LogP contribution < -0.4 is 5.32 Å². The highest BCUT2D eigenvalue weighted by Crippen LogP contribution is 2.38. The minimum absolute atomic E-state index is 0.312. The van der Waals surface area contributed by atoms with E-state index in [2.05, 4.69) is 26.9 Å². The number of anilines is 1. The van der Waals surface area contributed by atoms with Gasteiger partial charge in [-0.25, -0.2) is 9.78 Å². The number of amides is 1. The van der Waals surface area contributed by atoms with Crippen LogP contribution in [0.5, 0.6) is 0 Å². The molecule has 0 saturated carbocycles. The van der Waals surface area contributed by atoms with Crippen LogP contribution in [0.3, 0.4) is 0 Å². The van der Waals surface area contributed by atoms with Crippen LogP contribution in [0, 0.1) is 0 Å². The van der Waals surface area contributed by atoms with Gasteiger partial charge in [-0.2, -0.15) is 0 Å². The number of carbonyl (C=O) groups excluding carboxylic acids is 1. The number of H-pyrrole nitrogens is 1. The molecule has 3 rings (SSSR count). The third kappa shape index (κ3) is 3.52. The van der Waals surface area contributed by atoms with E-state index >= 15 is 0 Å². The van der Waals surface area contributed by atoms with E-state index in [4.69, 9.17) is 0 Å². The molecule has 3 aromatic rings. The summed E-state index contributed by atoms with van der Waals surface area (Å²) in [6.07, 6.45) is 1.99. The number of carbonyl (C=O) groups is 1. The fourth-order valence-electron chi connectivity index (χ4n) is 2.83. The van der Waals surface area contributed by atoms with Gasteiger partial charge in [0.15, 0.2) is 0 Å². The molecule has 0 fully saturated rings. The Morgan fingerprint density at radius 2 is 2.28 bits per heavy atom. The number of nitrogens with one attached hydrogen (secondary N) is 2. The summed E-state index contributed by atoms with van der Waals surface area (Å²) in [7, 11) is 1.30. The standard InChI is InChI=1S/C18H21N3O3S/c1-3-4-9-18(23,15-6-5-10-25-15)12-7-8-13-14(11-12)20-16(19-13)21-17(22)24-2/h5-8,10-11,23H,3-4,9H2,1-2H3,(H2,19,20,21,22)/t18-/m1/s1. The van der Waals surface area contributed by atoms with Crippen LogP contribution in [0.2, 0.25) is 0 Å². The van der Waals surface area contributed by atoms with Crippen LogP contribution in [0.15, 0.2) is 35.7 Å². The first-order valence-electron chi connectivity index (χ1n) is 8.18. The highest BCUT2D eigenvalue weighted by Gasteiger charge is 2.32. The maximum Gasteiger partial charge on any atom is 0.413 e. The fraction of sp³-hybridized carbons (Fsp3) is 0.333. The summed E-state index contributed by atoms with van der Waals surface area (Å²) >= 11 is 1.55. The second-order valence-electron chi connectivity index (χ2n) is 5.88. The lowest BCUT2D eigenvalue weighted by atomic mass is 9.87. The number of rotatable bonds is 6. The SMILES string of the molecule is CCCC[C@@](O)(c1ccc2nc(NC(=O)OC)[nH]c2c1)c1cccs1. The molecule has 0 saturated heterocycles. The molecule has 0 bridgehead atoms. The monoisotopic (exact) mass is 359 g/mol. The highest BCUT2D eigenvalue weighted by molar-refractivity contribution is 7.10. The third-order valence-corrected chi connectivity index (χ3v) is 5.21. The van der Waals surface area contributed by atoms with Gasteiger partial charge in [0.1, 0.15) is 5.60 Å². The van der Waals surface area contributed by atoms with Gasteiger partial charge in [-0.1, -0.05) is 31.9 Å². The predicted molar refractivity (Wildman–Crippen MR) is 99.0 cm³/mol. The average Bonchev–Trinajstić information content (AvgIpc) is 3.28. The first kappa shape index (κ1) is 17.4. The van der Waals surface area contributed by atoms with Crippen molar-refractivity contribution in [2.75, 3.05) is 12.4 Å². The number of fused-ring (bicyclic) bond motifs is 1. The number of methoxy groups -OCH3 is 1. The number of aromatic nitrogens is 2. The van der Waals surface area contributed by atoms with Gasteiger partial charge in [-0.3, -0.25) is 5.32 Å². The summed E-state index contributed by atoms with van der Waals surface area (Å²) in [5.74, 6) is 0.312. The first-order chi connectivity index (χ1) is 12.1. The largest absolute Gasteiger partial charge is 0.453 e. The molecule has 0 unspecified atom stereocenters. The fourth-order valence-corrected chi connectivity index (χ4v) is 3.71. The number of unbranched alkanes of at least 4 members (excludes halogenated alkanes) is 1. The van der Waals surface area contributed by atoms with Crippen molar-refractivity contribution >= 4 is 34.4 Å². The molecule has 1 aromatic carbocycles. The molecule has 6 nitrogen and oxygen atoms in total. The number of imidazole rings is 1. The minimum atomic E-state index is -1.03. The van der Waals surface area contributed by atoms with Crippen molar-refractivity contribution in [2.45, 2.75) is 31.8 Å². The van der Waals surface area contributed by atoms with Crippen molar-refractivity contribution in [2.24, 2.45) is 0 Å². The molecule has 0 aliphatic carbocycles. The van der Waals surface area contributed by atoms with Crippen molar-refractivity contribution in [3.63, 3.8) is 0 Å². The van der Waals surface area contributed by atoms with E-state index in [9.17, 15) is 9.90 Å². The summed E-state index contributed by atoms with van der Waals surface area (Å²) in [5, 5.41) is 15.9. The lowest BCUT2D eigenvalue weighted by Crippen LogP contribution is -2.26. The molecule has 1 amide bonds. The Morgan fingerprint density at radius 3 is 2.96 bits per heavy atom. The lowest BCUT2D eigenvalue weighted by molar-refractivity contribution is 0.0724. The number of ether oxygens (including phenoxy) is 1. The Labute approximate surface area is 149 Å². The van der Waals surface area contributed by atoms with Crippen molar-refractivity contribution in [1.29, 1.82) is 0 Å². The van der Waals surface area contributed by atoms with Crippen molar-refractivity contribution in [3.05, 3.63) is 46.2 Å². The quantitative estimate of drug-likeness (QED) is 0.615. The first-order valence-corrected chi connectivity index (χ1v) is 9.06. The lowest BCUT2D eigenvalue weighted by Gasteiger charge is -2.27. The second kappa shape index (κ2) is 7.25. The van der Waals surface area contributed by atoms with Gasteiger partial charge in [0.25, 0.3) is 0 Å². The van der Waals surface area contributed by atoms with Crippen LogP contribution >= 0.6 is 11.3 Å². The molecule has 7 heteroatoms. The van der Waals surface area contributed by atoms with Gasteiger partial charge in [0.05, 0.1) is 18.1 Å². The minimum Gasteiger partial charge on any atom is -0.453 e. The van der Waals surface area contributed by atoms with Gasteiger partial charge in [-0.15, -0.1) is 11.3 Å². The number of aliphatic hydroxyl groups is 1. The Kier molecular flexibility index (Phi) is 5.06. The number of aromatic amines is 1. The Hall–Kier alpha value is -2.38. The molecule has 0 aliphatic heterocycles. The van der Waals surface area contributed by atoms with E-state index in [1.54, 1.807) is 11.3 Å². The van der Waals surface area contributed by atoms with E-state index < -0.39 is 11.7 Å². The molecule has 3 N–H and O–H groups in total. The van der Waals surface area contributed by atoms with E-state index in [0.29, 0.717) is 17.9 Å². The molecule has 0 aliphatic rings. The zero-order chi connectivity index (χ0) is 17.9. The summed E-state index contributed by atoms with van der Waals surface area (Å²) < 4.78 is 4.57. The molecule has 0 radical (unpaired) electrons. The van der Waals surface area contributed by atoms with Crippen molar-refractivity contribution in [1.82, 2.24) is 9.97 Å². The maximum absolute atomic E-state index is 11.4. The Balaban J connectivity index is 1.99. The number of benzene rings is 1. The topological polar surface area (TPSA) is 87.2 Å². The average molecular weight is 359 g/mol. The molecule has 1 atom stereocenters. The number of hydrogen-bond acceptors (Lipinski definition) is 5. The summed E-state index contributed by atoms with van der Waals surface area (Å²) in [6.45, 7) is 2.11.